The van der Waals surface area contributed by atoms with Gasteiger partial charge >= 0.3 is 0 Å². The van der Waals surface area contributed by atoms with Crippen molar-refractivity contribution < 1.29 is 4.79 Å². The van der Waals surface area contributed by atoms with Gasteiger partial charge in [-0.25, -0.2) is 0 Å². The van der Waals surface area contributed by atoms with Gasteiger partial charge in [0.15, 0.2) is 5.78 Å². The lowest BCUT2D eigenvalue weighted by Crippen LogP contribution is -2.39. The molecule has 0 aliphatic carbocycles. The van der Waals surface area contributed by atoms with Crippen molar-refractivity contribution in [1.82, 2.24) is 10.3 Å². The first-order valence-corrected chi connectivity index (χ1v) is 5.57. The quantitative estimate of drug-likeness (QED) is 0.858. The number of carbonyl (C=O) groups excluding carboxylic acids is 1. The smallest absolute Gasteiger partial charge is 0.194 e. The molecule has 0 amide bonds. The van der Waals surface area contributed by atoms with Gasteiger partial charge in [0.2, 0.25) is 0 Å². The number of aromatic nitrogens is 1. The van der Waals surface area contributed by atoms with Crippen LogP contribution in [0.2, 0.25) is 0 Å². The summed E-state index contributed by atoms with van der Waals surface area (Å²) in [6, 6.07) is 3.54. The Morgan fingerprint density at radius 1 is 1.47 bits per heavy atom. The molecule has 3 nitrogen and oxygen atoms in total. The summed E-state index contributed by atoms with van der Waals surface area (Å²) in [5.41, 5.74) is 0.445. The standard InChI is InChI=1S/C11H15BrN2O/c1-11(2,3)14-7-10(15)9-5-4-8(12)6-13-9/h4-6,14H,7H2,1-3H3. The molecule has 1 heterocycles. The average Bonchev–Trinajstić information content (AvgIpc) is 2.14. The Kier molecular flexibility index (Phi) is 3.99. The van der Waals surface area contributed by atoms with Crippen LogP contribution in [0.1, 0.15) is 31.3 Å². The molecular formula is C11H15BrN2O. The summed E-state index contributed by atoms with van der Waals surface area (Å²) < 4.78 is 0.878. The van der Waals surface area contributed by atoms with E-state index < -0.39 is 0 Å². The third-order valence-corrected chi connectivity index (χ3v) is 2.26. The second-order valence-corrected chi connectivity index (χ2v) is 5.30. The maximum atomic E-state index is 11.7. The van der Waals surface area contributed by atoms with E-state index in [-0.39, 0.29) is 11.3 Å². The predicted molar refractivity (Wildman–Crippen MR) is 64.0 cm³/mol. The third-order valence-electron chi connectivity index (χ3n) is 1.79. The Labute approximate surface area is 98.4 Å². The predicted octanol–water partition coefficient (Wildman–Crippen LogP) is 2.41. The van der Waals surface area contributed by atoms with E-state index in [1.807, 2.05) is 26.8 Å². The Balaban J connectivity index is 2.58. The highest BCUT2D eigenvalue weighted by Crippen LogP contribution is 2.08. The van der Waals surface area contributed by atoms with Crippen molar-refractivity contribution in [3.05, 3.63) is 28.5 Å². The van der Waals surface area contributed by atoms with Crippen molar-refractivity contribution in [1.29, 1.82) is 0 Å². The van der Waals surface area contributed by atoms with Crippen LogP contribution in [0, 0.1) is 0 Å². The molecular weight excluding hydrogens is 256 g/mol. The maximum Gasteiger partial charge on any atom is 0.194 e. The number of nitrogens with one attached hydrogen (secondary N) is 1. The molecule has 0 aliphatic rings. The first-order valence-electron chi connectivity index (χ1n) is 4.78. The highest BCUT2D eigenvalue weighted by molar-refractivity contribution is 9.10. The molecule has 4 heteroatoms. The lowest BCUT2D eigenvalue weighted by Gasteiger charge is -2.19. The first kappa shape index (κ1) is 12.3. The monoisotopic (exact) mass is 270 g/mol. The highest BCUT2D eigenvalue weighted by Gasteiger charge is 2.13. The topological polar surface area (TPSA) is 42.0 Å². The van der Waals surface area contributed by atoms with Gasteiger partial charge in [-0.05, 0) is 48.8 Å². The molecule has 1 aromatic rings. The summed E-state index contributed by atoms with van der Waals surface area (Å²) in [4.78, 5) is 15.7. The first-order chi connectivity index (χ1) is 6.88. The molecule has 1 N–H and O–H groups in total. The zero-order valence-corrected chi connectivity index (χ0v) is 10.8. The number of hydrogen-bond donors (Lipinski definition) is 1. The normalized spacial score (nSPS) is 11.5. The van der Waals surface area contributed by atoms with Crippen LogP contribution < -0.4 is 5.32 Å². The van der Waals surface area contributed by atoms with Gasteiger partial charge in [-0.2, -0.15) is 0 Å². The van der Waals surface area contributed by atoms with E-state index in [0.29, 0.717) is 12.2 Å². The van der Waals surface area contributed by atoms with Crippen LogP contribution in [-0.2, 0) is 0 Å². The molecule has 0 bridgehead atoms. The van der Waals surface area contributed by atoms with Crippen molar-refractivity contribution in [2.45, 2.75) is 26.3 Å². The lowest BCUT2D eigenvalue weighted by atomic mass is 10.1. The minimum absolute atomic E-state index is 0.0115. The average molecular weight is 271 g/mol. The fourth-order valence-electron chi connectivity index (χ4n) is 0.977. The summed E-state index contributed by atoms with van der Waals surface area (Å²) in [6.07, 6.45) is 1.63. The van der Waals surface area contributed by atoms with Gasteiger partial charge in [0, 0.05) is 16.2 Å². The Hall–Kier alpha value is -0.740. The zero-order valence-electron chi connectivity index (χ0n) is 9.17. The van der Waals surface area contributed by atoms with Gasteiger partial charge < -0.3 is 5.32 Å². The number of halogens is 1. The van der Waals surface area contributed by atoms with Crippen LogP contribution >= 0.6 is 15.9 Å². The summed E-state index contributed by atoms with van der Waals surface area (Å²) >= 11 is 3.28. The minimum Gasteiger partial charge on any atom is -0.305 e. The zero-order chi connectivity index (χ0) is 11.5. The molecule has 0 spiro atoms. The van der Waals surface area contributed by atoms with E-state index in [2.05, 4.69) is 26.2 Å². The van der Waals surface area contributed by atoms with E-state index in [9.17, 15) is 4.79 Å². The van der Waals surface area contributed by atoms with Gasteiger partial charge in [0.25, 0.3) is 0 Å². The molecule has 0 saturated heterocycles. The molecule has 0 fully saturated rings. The molecule has 0 aromatic carbocycles. The number of hydrogen-bond acceptors (Lipinski definition) is 3. The second-order valence-electron chi connectivity index (χ2n) is 4.39. The van der Waals surface area contributed by atoms with E-state index in [0.717, 1.165) is 4.47 Å². The SMILES string of the molecule is CC(C)(C)NCC(=O)c1ccc(Br)cn1. The molecule has 1 aromatic heterocycles. The van der Waals surface area contributed by atoms with E-state index >= 15 is 0 Å². The largest absolute Gasteiger partial charge is 0.305 e. The number of Topliss-reactive ketones (excluding diaryl/α,β-unsaturated/α-hetero) is 1. The van der Waals surface area contributed by atoms with Crippen molar-refractivity contribution in [2.75, 3.05) is 6.54 Å². The van der Waals surface area contributed by atoms with Crippen LogP contribution in [0.25, 0.3) is 0 Å². The number of pyridine rings is 1. The molecule has 0 saturated carbocycles. The maximum absolute atomic E-state index is 11.7. The molecule has 0 radical (unpaired) electrons. The molecule has 15 heavy (non-hydrogen) atoms. The van der Waals surface area contributed by atoms with Crippen LogP contribution in [0.15, 0.2) is 22.8 Å². The minimum atomic E-state index is -0.0506. The Morgan fingerprint density at radius 2 is 2.13 bits per heavy atom. The molecule has 0 atom stereocenters. The number of ketones is 1. The molecule has 82 valence electrons. The van der Waals surface area contributed by atoms with Gasteiger partial charge in [0.1, 0.15) is 5.69 Å². The van der Waals surface area contributed by atoms with Crippen LogP contribution in [-0.4, -0.2) is 22.9 Å². The second kappa shape index (κ2) is 4.86. The summed E-state index contributed by atoms with van der Waals surface area (Å²) in [6.45, 7) is 6.39. The molecule has 1 rings (SSSR count). The number of rotatable bonds is 3. The third kappa shape index (κ3) is 4.53. The Bertz CT molecular complexity index is 341. The van der Waals surface area contributed by atoms with Crippen molar-refractivity contribution in [3.8, 4) is 0 Å². The van der Waals surface area contributed by atoms with E-state index in [1.165, 1.54) is 0 Å². The fourth-order valence-corrected chi connectivity index (χ4v) is 1.21. The van der Waals surface area contributed by atoms with Gasteiger partial charge in [-0.15, -0.1) is 0 Å². The summed E-state index contributed by atoms with van der Waals surface area (Å²) in [5, 5.41) is 3.13. The highest BCUT2D eigenvalue weighted by atomic mass is 79.9. The number of nitrogens with zero attached hydrogens (tertiary/aromatic N) is 1. The van der Waals surface area contributed by atoms with Crippen molar-refractivity contribution in [2.24, 2.45) is 0 Å². The van der Waals surface area contributed by atoms with Crippen LogP contribution in [0.5, 0.6) is 0 Å². The van der Waals surface area contributed by atoms with E-state index in [1.54, 1.807) is 12.3 Å². The van der Waals surface area contributed by atoms with Gasteiger partial charge in [-0.1, -0.05) is 0 Å². The van der Waals surface area contributed by atoms with Crippen molar-refractivity contribution in [3.63, 3.8) is 0 Å². The molecule has 0 aliphatic heterocycles. The van der Waals surface area contributed by atoms with Crippen molar-refractivity contribution >= 4 is 21.7 Å². The number of carbonyl (C=O) groups is 1. The Morgan fingerprint density at radius 3 is 2.60 bits per heavy atom. The van der Waals surface area contributed by atoms with Gasteiger partial charge in [0.05, 0.1) is 6.54 Å². The van der Waals surface area contributed by atoms with Gasteiger partial charge in [-0.3, -0.25) is 9.78 Å². The van der Waals surface area contributed by atoms with E-state index in [4.69, 9.17) is 0 Å². The lowest BCUT2D eigenvalue weighted by molar-refractivity contribution is 0.0977. The van der Waals surface area contributed by atoms with Crippen LogP contribution in [0.3, 0.4) is 0 Å². The van der Waals surface area contributed by atoms with Crippen LogP contribution in [0.4, 0.5) is 0 Å². The summed E-state index contributed by atoms with van der Waals surface area (Å²) in [7, 11) is 0. The fraction of sp³-hybridized carbons (Fsp3) is 0.455. The summed E-state index contributed by atoms with van der Waals surface area (Å²) in [5.74, 6) is 0.0115. The molecule has 0 unspecified atom stereocenters.